The van der Waals surface area contributed by atoms with E-state index in [1.807, 2.05) is 30.6 Å². The fraction of sp³-hybridized carbons (Fsp3) is 0.529. The van der Waals surface area contributed by atoms with E-state index in [1.54, 1.807) is 16.0 Å². The molecule has 0 spiro atoms. The van der Waals surface area contributed by atoms with Gasteiger partial charge in [0.2, 0.25) is 0 Å². The second-order valence-corrected chi connectivity index (χ2v) is 7.07. The molecule has 2 aromatic rings. The molecule has 1 aliphatic heterocycles. The molecule has 124 valence electrons. The van der Waals surface area contributed by atoms with Crippen LogP contribution < -0.4 is 5.32 Å². The van der Waals surface area contributed by atoms with Crippen molar-refractivity contribution >= 4 is 17.2 Å². The first-order valence-corrected chi connectivity index (χ1v) is 9.13. The lowest BCUT2D eigenvalue weighted by Gasteiger charge is -2.31. The first-order valence-electron chi connectivity index (χ1n) is 8.26. The Bertz CT molecular complexity index is 650. The Morgan fingerprint density at radius 3 is 3.13 bits per heavy atom. The number of likely N-dealkylation sites (tertiary alicyclic amines) is 1. The van der Waals surface area contributed by atoms with Crippen molar-refractivity contribution < 1.29 is 4.79 Å². The van der Waals surface area contributed by atoms with Crippen LogP contribution >= 0.6 is 11.3 Å². The van der Waals surface area contributed by atoms with Gasteiger partial charge in [-0.05, 0) is 49.4 Å². The van der Waals surface area contributed by atoms with Gasteiger partial charge >= 0.3 is 0 Å². The van der Waals surface area contributed by atoms with Crippen LogP contribution in [0.2, 0.25) is 0 Å². The number of hydrogen-bond acceptors (Lipinski definition) is 4. The molecule has 1 aliphatic rings. The number of amides is 1. The Kier molecular flexibility index (Phi) is 5.13. The third kappa shape index (κ3) is 3.82. The average molecular weight is 332 g/mol. The monoisotopic (exact) mass is 332 g/mol. The zero-order valence-electron chi connectivity index (χ0n) is 13.8. The van der Waals surface area contributed by atoms with Gasteiger partial charge in [0.25, 0.3) is 5.91 Å². The second kappa shape index (κ2) is 7.27. The van der Waals surface area contributed by atoms with Crippen LogP contribution in [0.1, 0.15) is 30.3 Å². The van der Waals surface area contributed by atoms with E-state index in [-0.39, 0.29) is 5.91 Å². The lowest BCUT2D eigenvalue weighted by Crippen LogP contribution is -2.41. The molecule has 6 heteroatoms. The number of aromatic nitrogens is 2. The summed E-state index contributed by atoms with van der Waals surface area (Å²) in [6.45, 7) is 6.31. The molecule has 1 N–H and O–H groups in total. The zero-order chi connectivity index (χ0) is 16.2. The maximum atomic E-state index is 12.5. The Morgan fingerprint density at radius 1 is 1.52 bits per heavy atom. The molecular formula is C17H24N4OS. The third-order valence-electron chi connectivity index (χ3n) is 4.49. The van der Waals surface area contributed by atoms with Crippen molar-refractivity contribution in [1.82, 2.24) is 20.0 Å². The maximum Gasteiger partial charge on any atom is 0.269 e. The highest BCUT2D eigenvalue weighted by Gasteiger charge is 2.20. The van der Waals surface area contributed by atoms with E-state index in [2.05, 4.69) is 22.2 Å². The molecule has 0 aromatic carbocycles. The van der Waals surface area contributed by atoms with E-state index < -0.39 is 0 Å². The summed E-state index contributed by atoms with van der Waals surface area (Å²) in [5.74, 6) is 0.522. The van der Waals surface area contributed by atoms with Crippen molar-refractivity contribution in [1.29, 1.82) is 0 Å². The molecule has 1 saturated heterocycles. The minimum Gasteiger partial charge on any atom is -0.350 e. The van der Waals surface area contributed by atoms with Gasteiger partial charge in [-0.1, -0.05) is 13.0 Å². The number of piperidine rings is 1. The fourth-order valence-corrected chi connectivity index (χ4v) is 3.84. The lowest BCUT2D eigenvalue weighted by atomic mass is 9.98. The largest absolute Gasteiger partial charge is 0.350 e. The average Bonchev–Trinajstić information content (AvgIpc) is 3.22. The molecule has 0 radical (unpaired) electrons. The number of nitrogens with one attached hydrogen (secondary N) is 1. The van der Waals surface area contributed by atoms with Crippen molar-refractivity contribution in [3.05, 3.63) is 29.3 Å². The van der Waals surface area contributed by atoms with Gasteiger partial charge in [-0.2, -0.15) is 5.10 Å². The Hall–Kier alpha value is -1.66. The summed E-state index contributed by atoms with van der Waals surface area (Å²) in [4.78, 5) is 16.0. The van der Waals surface area contributed by atoms with Crippen LogP contribution in [0.5, 0.6) is 0 Å². The first-order chi connectivity index (χ1) is 11.2. The van der Waals surface area contributed by atoms with Gasteiger partial charge in [0.15, 0.2) is 0 Å². The third-order valence-corrected chi connectivity index (χ3v) is 5.38. The lowest BCUT2D eigenvalue weighted by molar-refractivity contribution is 0.0924. The van der Waals surface area contributed by atoms with Crippen molar-refractivity contribution in [3.8, 4) is 10.6 Å². The Morgan fingerprint density at radius 2 is 2.39 bits per heavy atom. The number of carbonyl (C=O) groups is 1. The van der Waals surface area contributed by atoms with Crippen LogP contribution in [0, 0.1) is 5.92 Å². The summed E-state index contributed by atoms with van der Waals surface area (Å²) >= 11 is 1.64. The van der Waals surface area contributed by atoms with Gasteiger partial charge in [0, 0.05) is 20.1 Å². The van der Waals surface area contributed by atoms with E-state index in [0.29, 0.717) is 11.6 Å². The molecule has 23 heavy (non-hydrogen) atoms. The zero-order valence-corrected chi connectivity index (χ0v) is 14.6. The van der Waals surface area contributed by atoms with E-state index >= 15 is 0 Å². The molecule has 1 atom stereocenters. The summed E-state index contributed by atoms with van der Waals surface area (Å²) in [5.41, 5.74) is 1.49. The minimum absolute atomic E-state index is 0.0311. The van der Waals surface area contributed by atoms with E-state index in [0.717, 1.165) is 30.2 Å². The summed E-state index contributed by atoms with van der Waals surface area (Å²) in [7, 11) is 1.82. The van der Waals surface area contributed by atoms with E-state index in [4.69, 9.17) is 0 Å². The number of thiophene rings is 1. The number of hydrogen-bond donors (Lipinski definition) is 1. The maximum absolute atomic E-state index is 12.5. The molecular weight excluding hydrogens is 308 g/mol. The SMILES string of the molecule is CCN1CCC[C@H](CNC(=O)c2cc(-c3cccs3)nn2C)C1. The molecule has 0 saturated carbocycles. The topological polar surface area (TPSA) is 50.2 Å². The van der Waals surface area contributed by atoms with Gasteiger partial charge < -0.3 is 10.2 Å². The first kappa shape index (κ1) is 16.2. The number of aryl methyl sites for hydroxylation is 1. The molecule has 2 aromatic heterocycles. The Labute approximate surface area is 141 Å². The quantitative estimate of drug-likeness (QED) is 0.916. The van der Waals surface area contributed by atoms with Crippen LogP contribution in [0.3, 0.4) is 0 Å². The molecule has 1 amide bonds. The van der Waals surface area contributed by atoms with Gasteiger partial charge in [-0.25, -0.2) is 0 Å². The predicted octanol–water partition coefficient (Wildman–Crippen LogP) is 2.61. The number of carbonyl (C=O) groups excluding carboxylic acids is 1. The summed E-state index contributed by atoms with van der Waals surface area (Å²) in [5, 5.41) is 9.56. The number of nitrogens with zero attached hydrogens (tertiary/aromatic N) is 3. The van der Waals surface area contributed by atoms with Crippen LogP contribution in [-0.2, 0) is 7.05 Å². The molecule has 1 fully saturated rings. The van der Waals surface area contributed by atoms with Gasteiger partial charge in [0.05, 0.1) is 4.88 Å². The molecule has 0 bridgehead atoms. The van der Waals surface area contributed by atoms with E-state index in [9.17, 15) is 4.79 Å². The molecule has 5 nitrogen and oxygen atoms in total. The van der Waals surface area contributed by atoms with Crippen LogP contribution in [-0.4, -0.2) is 46.8 Å². The molecule has 0 aliphatic carbocycles. The van der Waals surface area contributed by atoms with Crippen LogP contribution in [0.25, 0.3) is 10.6 Å². The minimum atomic E-state index is -0.0311. The molecule has 3 rings (SSSR count). The van der Waals surface area contributed by atoms with Crippen LogP contribution in [0.4, 0.5) is 0 Å². The summed E-state index contributed by atoms with van der Waals surface area (Å²) < 4.78 is 1.67. The highest BCUT2D eigenvalue weighted by molar-refractivity contribution is 7.13. The molecule has 0 unspecified atom stereocenters. The van der Waals surface area contributed by atoms with E-state index in [1.165, 1.54) is 19.4 Å². The van der Waals surface area contributed by atoms with Crippen molar-refractivity contribution in [2.24, 2.45) is 13.0 Å². The predicted molar refractivity (Wildman–Crippen MR) is 93.7 cm³/mol. The van der Waals surface area contributed by atoms with Crippen LogP contribution in [0.15, 0.2) is 23.6 Å². The normalized spacial score (nSPS) is 19.0. The van der Waals surface area contributed by atoms with Gasteiger partial charge in [-0.15, -0.1) is 11.3 Å². The number of rotatable bonds is 5. The summed E-state index contributed by atoms with van der Waals surface area (Å²) in [6, 6.07) is 5.90. The van der Waals surface area contributed by atoms with Gasteiger partial charge in [0.1, 0.15) is 11.4 Å². The smallest absolute Gasteiger partial charge is 0.269 e. The van der Waals surface area contributed by atoms with Gasteiger partial charge in [-0.3, -0.25) is 9.48 Å². The van der Waals surface area contributed by atoms with Crippen molar-refractivity contribution in [3.63, 3.8) is 0 Å². The van der Waals surface area contributed by atoms with Crippen molar-refractivity contribution in [2.75, 3.05) is 26.2 Å². The highest BCUT2D eigenvalue weighted by Crippen LogP contribution is 2.24. The highest BCUT2D eigenvalue weighted by atomic mass is 32.1. The standard InChI is InChI=1S/C17H24N4OS/c1-3-21-8-4-6-13(12-21)11-18-17(22)15-10-14(19-20(15)2)16-7-5-9-23-16/h5,7,9-10,13H,3-4,6,8,11-12H2,1-2H3,(H,18,22)/t13-/m1/s1. The molecule has 3 heterocycles. The fourth-order valence-electron chi connectivity index (χ4n) is 3.16. The summed E-state index contributed by atoms with van der Waals surface area (Å²) in [6.07, 6.45) is 2.42. The Balaban J connectivity index is 1.60. The second-order valence-electron chi connectivity index (χ2n) is 6.13. The van der Waals surface area contributed by atoms with Crippen molar-refractivity contribution in [2.45, 2.75) is 19.8 Å².